The molecule has 0 saturated carbocycles. The minimum Gasteiger partial charge on any atom is -0.341 e. The third-order valence-electron chi connectivity index (χ3n) is 20.7. The Bertz CT molecular complexity index is 4390. The third kappa shape index (κ3) is 5.97. The molecule has 81 heavy (non-hydrogen) atoms. The fourth-order valence-electron chi connectivity index (χ4n) is 17.5. The van der Waals surface area contributed by atoms with Gasteiger partial charge in [0.05, 0.1) is 10.8 Å². The van der Waals surface area contributed by atoms with Crippen molar-refractivity contribution in [2.45, 2.75) is 61.9 Å². The summed E-state index contributed by atoms with van der Waals surface area (Å²) in [5.74, 6) is 0.442. The van der Waals surface area contributed by atoms with Gasteiger partial charge in [0.25, 0.3) is 0 Å². The molecule has 18 rings (SSSR count). The monoisotopic (exact) mass is 1050 g/mol. The highest BCUT2D eigenvalue weighted by atomic mass is 28.3. The largest absolute Gasteiger partial charge is 0.341 e. The molecule has 0 N–H and O–H groups in total. The molecule has 8 aliphatic rings. The van der Waals surface area contributed by atoms with Gasteiger partial charge in [-0.2, -0.15) is 0 Å². The van der Waals surface area contributed by atoms with Crippen molar-refractivity contribution in [3.63, 3.8) is 0 Å². The first-order chi connectivity index (χ1) is 40.1. The van der Waals surface area contributed by atoms with Gasteiger partial charge in [-0.25, -0.2) is 0 Å². The second-order valence-corrected chi connectivity index (χ2v) is 28.7. The molecule has 1 unspecified atom stereocenters. The van der Waals surface area contributed by atoms with Crippen molar-refractivity contribution in [3.05, 3.63) is 303 Å². The van der Waals surface area contributed by atoms with Crippen LogP contribution in [0.2, 0.25) is 12.1 Å². The Morgan fingerprint density at radius 1 is 0.432 bits per heavy atom. The molecule has 0 aromatic heterocycles. The summed E-state index contributed by atoms with van der Waals surface area (Å²) in [4.78, 5) is 5.29. The van der Waals surface area contributed by atoms with Gasteiger partial charge in [0.2, 0.25) is 0 Å². The second kappa shape index (κ2) is 16.9. The summed E-state index contributed by atoms with van der Waals surface area (Å²) >= 11 is 0. The van der Waals surface area contributed by atoms with Crippen molar-refractivity contribution in [2.75, 3.05) is 16.3 Å². The van der Waals surface area contributed by atoms with Gasteiger partial charge in [-0.1, -0.05) is 214 Å². The van der Waals surface area contributed by atoms with Crippen LogP contribution in [0.3, 0.4) is 0 Å². The zero-order valence-electron chi connectivity index (χ0n) is 45.7. The van der Waals surface area contributed by atoms with Crippen molar-refractivity contribution in [3.8, 4) is 44.5 Å². The topological polar surface area (TPSA) is 6.48 Å². The highest BCUT2D eigenvalue weighted by molar-refractivity contribution is 7.00. The number of anilines is 4. The van der Waals surface area contributed by atoms with Crippen LogP contribution >= 0.6 is 0 Å². The Morgan fingerprint density at radius 3 is 1.47 bits per heavy atom. The summed E-state index contributed by atoms with van der Waals surface area (Å²) < 4.78 is 0. The number of hydrogen-bond acceptors (Lipinski definition) is 2. The Hall–Kier alpha value is -8.76. The van der Waals surface area contributed by atoms with Crippen LogP contribution in [0.1, 0.15) is 93.8 Å². The van der Waals surface area contributed by atoms with Crippen LogP contribution in [0.5, 0.6) is 0 Å². The number of fused-ring (bicyclic) bond motifs is 24. The molecule has 386 valence electrons. The maximum absolute atomic E-state index is 2.72. The quantitative estimate of drug-likeness (QED) is 0.128. The summed E-state index contributed by atoms with van der Waals surface area (Å²) in [6.07, 6.45) is 15.9. The highest BCUT2D eigenvalue weighted by Crippen LogP contribution is 2.66. The molecular weight excluding hydrogens is 993 g/mol. The van der Waals surface area contributed by atoms with E-state index < -0.39 is 18.9 Å². The Balaban J connectivity index is 0.790. The van der Waals surface area contributed by atoms with Gasteiger partial charge >= 0.3 is 0 Å². The number of nitrogens with zero attached hydrogens (tertiary/aromatic N) is 2. The lowest BCUT2D eigenvalue weighted by atomic mass is 9.70. The van der Waals surface area contributed by atoms with Crippen molar-refractivity contribution in [1.29, 1.82) is 0 Å². The maximum Gasteiger partial charge on any atom is 0.123 e. The molecular formula is C78H60N2Si. The number of benzene rings is 10. The standard InChI is InChI=1S/C78H60N2Si/c1-50-18-16-32-75-76(50)80(73-30-12-13-31-74(73)81(75)44-14-15-45-81)55-38-42-63-61-40-36-52(47-69(61)78(71(63)49-55)66-27-9-5-23-58(66)59-24-6-10-28-67(59)78)34-33-51-35-39-60-62-41-37-54(79-43-17-20-53-19-2-11-29-72(53)79)48-70(62)77(68(60)46-51)64-25-7-3-21-56(64)57-22-4-8-26-65(57)77/h2-13,16,19,21-42,46-50H,14-15,17-18,20,43-45H2,1H3. The average Bonchev–Trinajstić information content (AvgIpc) is 4.36. The predicted octanol–water partition coefficient (Wildman–Crippen LogP) is 18.6. The molecule has 1 atom stereocenters. The second-order valence-electron chi connectivity index (χ2n) is 24.4. The lowest BCUT2D eigenvalue weighted by Gasteiger charge is -2.47. The van der Waals surface area contributed by atoms with Gasteiger partial charge < -0.3 is 9.80 Å². The predicted molar refractivity (Wildman–Crippen MR) is 339 cm³/mol. The van der Waals surface area contributed by atoms with E-state index in [0.29, 0.717) is 5.92 Å². The third-order valence-corrected chi connectivity index (χ3v) is 26.1. The highest BCUT2D eigenvalue weighted by Gasteiger charge is 2.55. The molecule has 0 bridgehead atoms. The molecule has 3 spiro atoms. The van der Waals surface area contributed by atoms with Crippen molar-refractivity contribution >= 4 is 48.2 Å². The molecule has 10 aromatic carbocycles. The average molecular weight is 1050 g/mol. The zero-order chi connectivity index (χ0) is 53.2. The molecule has 5 aliphatic carbocycles. The lowest BCUT2D eigenvalue weighted by Crippen LogP contribution is -2.54. The molecule has 3 heteroatoms. The number of allylic oxidation sites excluding steroid dienone is 4. The normalized spacial score (nSPS) is 18.8. The van der Waals surface area contributed by atoms with E-state index in [1.165, 1.54) is 153 Å². The van der Waals surface area contributed by atoms with Crippen molar-refractivity contribution in [2.24, 2.45) is 5.92 Å². The van der Waals surface area contributed by atoms with Crippen LogP contribution in [0, 0.1) is 5.92 Å². The van der Waals surface area contributed by atoms with Gasteiger partial charge in [0, 0.05) is 40.9 Å². The first kappa shape index (κ1) is 46.0. The van der Waals surface area contributed by atoms with Crippen LogP contribution in [0.4, 0.5) is 22.7 Å². The fourth-order valence-corrected chi connectivity index (χ4v) is 23.3. The smallest absolute Gasteiger partial charge is 0.123 e. The Labute approximate surface area is 476 Å². The molecule has 3 heterocycles. The molecule has 2 nitrogen and oxygen atoms in total. The molecule has 0 radical (unpaired) electrons. The van der Waals surface area contributed by atoms with Gasteiger partial charge in [-0.15, -0.1) is 0 Å². The number of para-hydroxylation sites is 2. The summed E-state index contributed by atoms with van der Waals surface area (Å²) in [6.45, 7) is 3.50. The molecule has 1 saturated heterocycles. The number of aryl methyl sites for hydroxylation is 1. The minimum absolute atomic E-state index is 0.442. The van der Waals surface area contributed by atoms with Crippen molar-refractivity contribution in [1.82, 2.24) is 0 Å². The van der Waals surface area contributed by atoms with Gasteiger partial charge in [0.15, 0.2) is 0 Å². The first-order valence-corrected chi connectivity index (χ1v) is 32.3. The van der Waals surface area contributed by atoms with E-state index in [2.05, 4.69) is 259 Å². The summed E-state index contributed by atoms with van der Waals surface area (Å²) in [5, 5.41) is 3.33. The number of hydrogen-bond donors (Lipinski definition) is 0. The van der Waals surface area contributed by atoms with E-state index in [-0.39, 0.29) is 0 Å². The Kier molecular flexibility index (Phi) is 9.60. The van der Waals surface area contributed by atoms with Crippen molar-refractivity contribution < 1.29 is 0 Å². The molecule has 1 fully saturated rings. The SMILES string of the molecule is CC1CC=CC2=C1N(c1ccc3c(c1)C1(c4ccccc4-c4ccccc41)c1cc(C=Cc4ccc5c(c4)C4(c6ccccc6-c6ccccc64)c4cc(N6CCCc7ccccc76)ccc4-5)ccc1-3)c1ccccc1[Si]21CCCC1. The zero-order valence-corrected chi connectivity index (χ0v) is 46.7. The van der Waals surface area contributed by atoms with Crippen LogP contribution in [-0.2, 0) is 17.3 Å². The fraction of sp³-hybridized carbons (Fsp3) is 0.154. The van der Waals surface area contributed by atoms with E-state index in [1.54, 1.807) is 16.1 Å². The first-order valence-electron chi connectivity index (χ1n) is 29.9. The van der Waals surface area contributed by atoms with Gasteiger partial charge in [-0.3, -0.25) is 0 Å². The van der Waals surface area contributed by atoms with Crippen LogP contribution in [-0.4, -0.2) is 14.6 Å². The van der Waals surface area contributed by atoms with E-state index >= 15 is 0 Å². The van der Waals surface area contributed by atoms with E-state index in [1.807, 2.05) is 0 Å². The summed E-state index contributed by atoms with van der Waals surface area (Å²) in [6, 6.07) is 87.9. The van der Waals surface area contributed by atoms with Crippen LogP contribution < -0.4 is 15.0 Å². The molecule has 0 amide bonds. The Morgan fingerprint density at radius 2 is 0.889 bits per heavy atom. The lowest BCUT2D eigenvalue weighted by molar-refractivity contribution is 0.664. The van der Waals surface area contributed by atoms with Gasteiger partial charge in [0.1, 0.15) is 8.07 Å². The van der Waals surface area contributed by atoms with E-state index in [0.717, 1.165) is 25.8 Å². The maximum atomic E-state index is 2.72. The minimum atomic E-state index is -1.89. The van der Waals surface area contributed by atoms with Crippen LogP contribution in [0.25, 0.3) is 56.7 Å². The molecule has 10 aromatic rings. The number of rotatable bonds is 4. The van der Waals surface area contributed by atoms with Crippen LogP contribution in [0.15, 0.2) is 241 Å². The van der Waals surface area contributed by atoms with E-state index in [4.69, 9.17) is 0 Å². The summed E-state index contributed by atoms with van der Waals surface area (Å²) in [7, 11) is -1.89. The van der Waals surface area contributed by atoms with Gasteiger partial charge in [-0.05, 0) is 196 Å². The molecule has 3 aliphatic heterocycles. The summed E-state index contributed by atoms with van der Waals surface area (Å²) in [5.41, 5.74) is 31.4. The van der Waals surface area contributed by atoms with E-state index in [9.17, 15) is 0 Å².